The molecule has 0 saturated carbocycles. The molecule has 0 fully saturated rings. The van der Waals surface area contributed by atoms with Crippen molar-refractivity contribution in [3.05, 3.63) is 69.7 Å². The lowest BCUT2D eigenvalue weighted by atomic mass is 9.93. The summed E-state index contributed by atoms with van der Waals surface area (Å²) in [6.45, 7) is 0.0612. The molecule has 1 atom stereocenters. The van der Waals surface area contributed by atoms with Crippen LogP contribution < -0.4 is 0 Å². The van der Waals surface area contributed by atoms with E-state index in [-0.39, 0.29) is 12.5 Å². The highest BCUT2D eigenvalue weighted by Crippen LogP contribution is 2.27. The van der Waals surface area contributed by atoms with Gasteiger partial charge >= 0.3 is 0 Å². The van der Waals surface area contributed by atoms with E-state index in [2.05, 4.69) is 0 Å². The van der Waals surface area contributed by atoms with E-state index in [4.69, 9.17) is 27.4 Å². The van der Waals surface area contributed by atoms with Gasteiger partial charge in [0.05, 0.1) is 12.9 Å². The van der Waals surface area contributed by atoms with Crippen LogP contribution in [-0.4, -0.2) is 21.3 Å². The average molecular weight is 359 g/mol. The predicted molar refractivity (Wildman–Crippen MR) is 90.1 cm³/mol. The summed E-state index contributed by atoms with van der Waals surface area (Å²) in [5.41, 5.74) is 1.90. The molecule has 0 aliphatic heterocycles. The third kappa shape index (κ3) is 5.29. The van der Waals surface area contributed by atoms with E-state index < -0.39 is 10.1 Å². The molecular formula is C16H16Cl2O3S. The number of hydrogen-bond donors (Lipinski definition) is 0. The molecule has 2 aromatic carbocycles. The van der Waals surface area contributed by atoms with Crippen molar-refractivity contribution in [2.45, 2.75) is 12.3 Å². The summed E-state index contributed by atoms with van der Waals surface area (Å²) in [6.07, 6.45) is 1.62. The molecule has 0 radical (unpaired) electrons. The van der Waals surface area contributed by atoms with Gasteiger partial charge in [0.2, 0.25) is 0 Å². The van der Waals surface area contributed by atoms with Crippen LogP contribution in [0.3, 0.4) is 0 Å². The van der Waals surface area contributed by atoms with E-state index >= 15 is 0 Å². The van der Waals surface area contributed by atoms with Crippen molar-refractivity contribution in [2.75, 3.05) is 12.9 Å². The van der Waals surface area contributed by atoms with Gasteiger partial charge in [0.15, 0.2) is 0 Å². The Kier molecular flexibility index (Phi) is 5.87. The SMILES string of the molecule is CS(=O)(=O)OC[C@H](Cc1ccccc1Cl)c1ccc(Cl)cc1. The van der Waals surface area contributed by atoms with Gasteiger partial charge in [-0.3, -0.25) is 4.18 Å². The molecule has 0 amide bonds. The maximum atomic E-state index is 11.3. The summed E-state index contributed by atoms with van der Waals surface area (Å²) >= 11 is 12.1. The van der Waals surface area contributed by atoms with Crippen molar-refractivity contribution >= 4 is 33.3 Å². The van der Waals surface area contributed by atoms with Gasteiger partial charge in [0, 0.05) is 16.0 Å². The minimum atomic E-state index is -3.50. The minimum absolute atomic E-state index is 0.0612. The Bertz CT molecular complexity index is 727. The predicted octanol–water partition coefficient (Wildman–Crippen LogP) is 4.30. The maximum absolute atomic E-state index is 11.3. The van der Waals surface area contributed by atoms with Crippen LogP contribution in [0, 0.1) is 0 Å². The zero-order valence-corrected chi connectivity index (χ0v) is 14.3. The second-order valence-electron chi connectivity index (χ2n) is 5.03. The fourth-order valence-electron chi connectivity index (χ4n) is 2.14. The first-order chi connectivity index (χ1) is 10.3. The molecule has 118 valence electrons. The third-order valence-corrected chi connectivity index (χ3v) is 4.43. The van der Waals surface area contributed by atoms with Crippen molar-refractivity contribution in [2.24, 2.45) is 0 Å². The van der Waals surface area contributed by atoms with E-state index in [9.17, 15) is 8.42 Å². The van der Waals surface area contributed by atoms with Crippen LogP contribution in [0.25, 0.3) is 0 Å². The molecule has 0 aromatic heterocycles. The van der Waals surface area contributed by atoms with Crippen LogP contribution >= 0.6 is 23.2 Å². The molecular weight excluding hydrogens is 343 g/mol. The first kappa shape index (κ1) is 17.3. The fourth-order valence-corrected chi connectivity index (χ4v) is 2.89. The summed E-state index contributed by atoms with van der Waals surface area (Å²) in [5.74, 6) is -0.133. The number of hydrogen-bond acceptors (Lipinski definition) is 3. The fraction of sp³-hybridized carbons (Fsp3) is 0.250. The van der Waals surface area contributed by atoms with E-state index in [1.807, 2.05) is 36.4 Å². The van der Waals surface area contributed by atoms with Gasteiger partial charge in [0.1, 0.15) is 0 Å². The standard InChI is InChI=1S/C16H16Cl2O3S/c1-22(19,20)21-11-14(12-6-8-15(17)9-7-12)10-13-4-2-3-5-16(13)18/h2-9,14H,10-11H2,1H3/t14-/m0/s1. The molecule has 6 heteroatoms. The molecule has 3 nitrogen and oxygen atoms in total. The topological polar surface area (TPSA) is 43.4 Å². The Hall–Kier alpha value is -1.07. The summed E-state index contributed by atoms with van der Waals surface area (Å²) in [7, 11) is -3.50. The monoisotopic (exact) mass is 358 g/mol. The molecule has 0 unspecified atom stereocenters. The normalized spacial score (nSPS) is 13.0. The summed E-state index contributed by atoms with van der Waals surface area (Å²) in [4.78, 5) is 0. The highest BCUT2D eigenvalue weighted by Gasteiger charge is 2.17. The smallest absolute Gasteiger partial charge is 0.264 e. The van der Waals surface area contributed by atoms with Gasteiger partial charge in [0.25, 0.3) is 10.1 Å². The van der Waals surface area contributed by atoms with E-state index in [1.165, 1.54) is 0 Å². The van der Waals surface area contributed by atoms with Crippen molar-refractivity contribution in [1.82, 2.24) is 0 Å². The van der Waals surface area contributed by atoms with E-state index in [1.54, 1.807) is 12.1 Å². The summed E-state index contributed by atoms with van der Waals surface area (Å²) in [6, 6.07) is 14.8. The lowest BCUT2D eigenvalue weighted by molar-refractivity contribution is 0.293. The van der Waals surface area contributed by atoms with Gasteiger partial charge in [-0.25, -0.2) is 0 Å². The van der Waals surface area contributed by atoms with Crippen molar-refractivity contribution in [1.29, 1.82) is 0 Å². The van der Waals surface area contributed by atoms with Gasteiger partial charge in [-0.1, -0.05) is 53.5 Å². The molecule has 2 rings (SSSR count). The zero-order valence-electron chi connectivity index (χ0n) is 12.0. The number of halogens is 2. The lowest BCUT2D eigenvalue weighted by Crippen LogP contribution is -2.14. The molecule has 0 bridgehead atoms. The molecule has 0 saturated heterocycles. The molecule has 0 aliphatic carbocycles. The van der Waals surface area contributed by atoms with Crippen LogP contribution in [-0.2, 0) is 20.7 Å². The average Bonchev–Trinajstić information content (AvgIpc) is 2.45. The Morgan fingerprint density at radius 2 is 1.68 bits per heavy atom. The second-order valence-corrected chi connectivity index (χ2v) is 7.52. The Balaban J connectivity index is 2.25. The Morgan fingerprint density at radius 3 is 2.27 bits per heavy atom. The highest BCUT2D eigenvalue weighted by atomic mass is 35.5. The maximum Gasteiger partial charge on any atom is 0.264 e. The van der Waals surface area contributed by atoms with E-state index in [0.717, 1.165) is 17.4 Å². The molecule has 22 heavy (non-hydrogen) atoms. The summed E-state index contributed by atoms with van der Waals surface area (Å²) in [5, 5.41) is 1.28. The molecule has 0 spiro atoms. The first-order valence-electron chi connectivity index (χ1n) is 6.68. The number of rotatable bonds is 6. The van der Waals surface area contributed by atoms with Crippen molar-refractivity contribution < 1.29 is 12.6 Å². The minimum Gasteiger partial charge on any atom is -0.270 e. The highest BCUT2D eigenvalue weighted by molar-refractivity contribution is 7.85. The summed E-state index contributed by atoms with van der Waals surface area (Å²) < 4.78 is 27.5. The Labute approximate surface area is 141 Å². The van der Waals surface area contributed by atoms with Crippen LogP contribution in [0.5, 0.6) is 0 Å². The lowest BCUT2D eigenvalue weighted by Gasteiger charge is -2.18. The third-order valence-electron chi connectivity index (χ3n) is 3.25. The molecule has 0 aliphatic rings. The van der Waals surface area contributed by atoms with Crippen molar-refractivity contribution in [3.8, 4) is 0 Å². The molecule has 0 N–H and O–H groups in total. The molecule has 0 heterocycles. The van der Waals surface area contributed by atoms with Crippen LogP contribution in [0.15, 0.2) is 48.5 Å². The van der Waals surface area contributed by atoms with Crippen molar-refractivity contribution in [3.63, 3.8) is 0 Å². The second kappa shape index (κ2) is 7.47. The van der Waals surface area contributed by atoms with Gasteiger partial charge < -0.3 is 0 Å². The Morgan fingerprint density at radius 1 is 1.05 bits per heavy atom. The first-order valence-corrected chi connectivity index (χ1v) is 9.25. The van der Waals surface area contributed by atoms with Crippen LogP contribution in [0.1, 0.15) is 17.0 Å². The number of benzene rings is 2. The molecule has 2 aromatic rings. The van der Waals surface area contributed by atoms with Crippen LogP contribution in [0.2, 0.25) is 10.0 Å². The quantitative estimate of drug-likeness (QED) is 0.723. The largest absolute Gasteiger partial charge is 0.270 e. The zero-order chi connectivity index (χ0) is 16.2. The van der Waals surface area contributed by atoms with Gasteiger partial charge in [-0.2, -0.15) is 8.42 Å². The van der Waals surface area contributed by atoms with Gasteiger partial charge in [-0.15, -0.1) is 0 Å². The van der Waals surface area contributed by atoms with Gasteiger partial charge in [-0.05, 0) is 35.7 Å². The van der Waals surface area contributed by atoms with E-state index in [0.29, 0.717) is 16.5 Å². The van der Waals surface area contributed by atoms with Crippen LogP contribution in [0.4, 0.5) is 0 Å².